The average Bonchev–Trinajstić information content (AvgIpc) is 2.51. The molecule has 0 aliphatic heterocycles. The number of nitrogens with one attached hydrogen (secondary N) is 1. The molecule has 0 amide bonds. The summed E-state index contributed by atoms with van der Waals surface area (Å²) in [6.45, 7) is 7.43. The Morgan fingerprint density at radius 1 is 1.54 bits per heavy atom. The van der Waals surface area contributed by atoms with E-state index in [0.29, 0.717) is 6.04 Å². The van der Waals surface area contributed by atoms with Crippen molar-refractivity contribution in [2.24, 2.45) is 0 Å². The summed E-state index contributed by atoms with van der Waals surface area (Å²) >= 11 is 1.73. The molecule has 1 rings (SSSR count). The average molecular weight is 198 g/mol. The Morgan fingerprint density at radius 2 is 2.31 bits per heavy atom. The number of nitrogens with zero attached hydrogens (tertiary/aromatic N) is 1. The van der Waals surface area contributed by atoms with Crippen LogP contribution in [0.3, 0.4) is 0 Å². The summed E-state index contributed by atoms with van der Waals surface area (Å²) in [4.78, 5) is 4.50. The highest BCUT2D eigenvalue weighted by Crippen LogP contribution is 2.20. The molecule has 0 radical (unpaired) electrons. The number of aryl methyl sites for hydroxylation is 1. The second-order valence-corrected chi connectivity index (χ2v) is 4.25. The lowest BCUT2D eigenvalue weighted by atomic mass is 10.1. The van der Waals surface area contributed by atoms with E-state index in [1.54, 1.807) is 11.3 Å². The van der Waals surface area contributed by atoms with Gasteiger partial charge in [-0.25, -0.2) is 4.98 Å². The zero-order valence-corrected chi connectivity index (χ0v) is 9.45. The molecule has 1 N–H and O–H groups in total. The predicted octanol–water partition coefficient (Wildman–Crippen LogP) is 2.90. The molecule has 0 bridgehead atoms. The Kier molecular flexibility index (Phi) is 4.39. The van der Waals surface area contributed by atoms with E-state index in [1.165, 1.54) is 18.5 Å². The van der Waals surface area contributed by atoms with Gasteiger partial charge in [-0.05, 0) is 19.9 Å². The van der Waals surface area contributed by atoms with E-state index in [9.17, 15) is 0 Å². The Balaban J connectivity index is 2.63. The van der Waals surface area contributed by atoms with E-state index in [4.69, 9.17) is 0 Å². The van der Waals surface area contributed by atoms with Crippen molar-refractivity contribution in [1.29, 1.82) is 0 Å². The quantitative estimate of drug-likeness (QED) is 0.787. The van der Waals surface area contributed by atoms with E-state index in [-0.39, 0.29) is 0 Å². The molecule has 0 fully saturated rings. The zero-order valence-electron chi connectivity index (χ0n) is 8.63. The fourth-order valence-electron chi connectivity index (χ4n) is 1.43. The van der Waals surface area contributed by atoms with Crippen LogP contribution in [0.5, 0.6) is 0 Å². The number of aromatic nitrogens is 1. The van der Waals surface area contributed by atoms with Crippen LogP contribution in [0.15, 0.2) is 5.38 Å². The van der Waals surface area contributed by atoms with Gasteiger partial charge in [0, 0.05) is 5.38 Å². The summed E-state index contributed by atoms with van der Waals surface area (Å²) in [6.07, 6.45) is 2.38. The molecule has 0 spiro atoms. The minimum atomic E-state index is 0.458. The van der Waals surface area contributed by atoms with Gasteiger partial charge in [0.25, 0.3) is 0 Å². The number of hydrogen-bond acceptors (Lipinski definition) is 3. The molecule has 1 aromatic rings. The summed E-state index contributed by atoms with van der Waals surface area (Å²) in [7, 11) is 0. The van der Waals surface area contributed by atoms with Crippen molar-refractivity contribution in [3.8, 4) is 0 Å². The van der Waals surface area contributed by atoms with Crippen LogP contribution in [0.4, 0.5) is 0 Å². The fourth-order valence-corrected chi connectivity index (χ4v) is 2.10. The monoisotopic (exact) mass is 198 g/mol. The second-order valence-electron chi connectivity index (χ2n) is 3.19. The molecule has 74 valence electrons. The third-order valence-electron chi connectivity index (χ3n) is 2.02. The van der Waals surface area contributed by atoms with Gasteiger partial charge in [-0.2, -0.15) is 0 Å². The Labute approximate surface area is 84.4 Å². The summed E-state index contributed by atoms with van der Waals surface area (Å²) < 4.78 is 0. The van der Waals surface area contributed by atoms with Gasteiger partial charge in [0.2, 0.25) is 0 Å². The zero-order chi connectivity index (χ0) is 9.68. The first-order chi connectivity index (χ1) is 6.27. The van der Waals surface area contributed by atoms with Crippen LogP contribution in [0.2, 0.25) is 0 Å². The molecular weight excluding hydrogens is 180 g/mol. The smallest absolute Gasteiger partial charge is 0.0898 e. The molecule has 0 saturated carbocycles. The molecule has 1 heterocycles. The lowest BCUT2D eigenvalue weighted by molar-refractivity contribution is 0.499. The first-order valence-electron chi connectivity index (χ1n) is 4.93. The molecule has 2 nitrogen and oxygen atoms in total. The van der Waals surface area contributed by atoms with Crippen LogP contribution in [0, 0.1) is 6.92 Å². The standard InChI is InChI=1S/C10H18N2S/c1-4-6-9(11-5-2)10-7-13-8(3)12-10/h7,9,11H,4-6H2,1-3H3. The van der Waals surface area contributed by atoms with Crippen LogP contribution in [-0.2, 0) is 0 Å². The minimum Gasteiger partial charge on any atom is -0.309 e. The predicted molar refractivity (Wildman–Crippen MR) is 58.2 cm³/mol. The van der Waals surface area contributed by atoms with Crippen molar-refractivity contribution in [3.05, 3.63) is 16.1 Å². The normalized spacial score (nSPS) is 13.2. The summed E-state index contributed by atoms with van der Waals surface area (Å²) in [5, 5.41) is 6.78. The summed E-state index contributed by atoms with van der Waals surface area (Å²) in [5.74, 6) is 0. The molecule has 1 atom stereocenters. The molecule has 0 aromatic carbocycles. The van der Waals surface area contributed by atoms with Gasteiger partial charge in [0.1, 0.15) is 0 Å². The highest BCUT2D eigenvalue weighted by atomic mass is 32.1. The van der Waals surface area contributed by atoms with Gasteiger partial charge >= 0.3 is 0 Å². The van der Waals surface area contributed by atoms with Crippen LogP contribution in [0.25, 0.3) is 0 Å². The first-order valence-corrected chi connectivity index (χ1v) is 5.81. The summed E-state index contributed by atoms with van der Waals surface area (Å²) in [5.41, 5.74) is 1.21. The molecular formula is C10H18N2S. The molecule has 0 aliphatic carbocycles. The lowest BCUT2D eigenvalue weighted by Gasteiger charge is -2.14. The van der Waals surface area contributed by atoms with Gasteiger partial charge in [0.05, 0.1) is 16.7 Å². The molecule has 3 heteroatoms. The van der Waals surface area contributed by atoms with E-state index < -0.39 is 0 Å². The van der Waals surface area contributed by atoms with Crippen LogP contribution in [0.1, 0.15) is 43.4 Å². The lowest BCUT2D eigenvalue weighted by Crippen LogP contribution is -2.20. The minimum absolute atomic E-state index is 0.458. The van der Waals surface area contributed by atoms with Gasteiger partial charge in [-0.15, -0.1) is 11.3 Å². The van der Waals surface area contributed by atoms with E-state index in [1.807, 2.05) is 0 Å². The number of thiazole rings is 1. The van der Waals surface area contributed by atoms with E-state index in [0.717, 1.165) is 11.6 Å². The molecule has 0 aliphatic rings. The maximum atomic E-state index is 4.50. The Hall–Kier alpha value is -0.410. The van der Waals surface area contributed by atoms with Gasteiger partial charge in [0.15, 0.2) is 0 Å². The summed E-state index contributed by atoms with van der Waals surface area (Å²) in [6, 6.07) is 0.458. The maximum Gasteiger partial charge on any atom is 0.0898 e. The molecule has 0 saturated heterocycles. The molecule has 1 aromatic heterocycles. The largest absolute Gasteiger partial charge is 0.309 e. The van der Waals surface area contributed by atoms with Crippen molar-refractivity contribution >= 4 is 11.3 Å². The van der Waals surface area contributed by atoms with Crippen molar-refractivity contribution in [1.82, 2.24) is 10.3 Å². The van der Waals surface area contributed by atoms with Crippen LogP contribution < -0.4 is 5.32 Å². The van der Waals surface area contributed by atoms with Crippen molar-refractivity contribution in [2.75, 3.05) is 6.54 Å². The fraction of sp³-hybridized carbons (Fsp3) is 0.700. The third-order valence-corrected chi connectivity index (χ3v) is 2.81. The third kappa shape index (κ3) is 3.08. The van der Waals surface area contributed by atoms with Gasteiger partial charge < -0.3 is 5.32 Å². The molecule has 13 heavy (non-hydrogen) atoms. The Bertz CT molecular complexity index is 239. The van der Waals surface area contributed by atoms with Crippen molar-refractivity contribution < 1.29 is 0 Å². The topological polar surface area (TPSA) is 24.9 Å². The van der Waals surface area contributed by atoms with E-state index in [2.05, 4.69) is 36.5 Å². The second kappa shape index (κ2) is 5.35. The molecule has 1 unspecified atom stereocenters. The Morgan fingerprint density at radius 3 is 2.77 bits per heavy atom. The van der Waals surface area contributed by atoms with E-state index >= 15 is 0 Å². The van der Waals surface area contributed by atoms with Crippen molar-refractivity contribution in [3.63, 3.8) is 0 Å². The highest BCUT2D eigenvalue weighted by Gasteiger charge is 2.11. The maximum absolute atomic E-state index is 4.50. The highest BCUT2D eigenvalue weighted by molar-refractivity contribution is 7.09. The van der Waals surface area contributed by atoms with Crippen LogP contribution in [-0.4, -0.2) is 11.5 Å². The van der Waals surface area contributed by atoms with Gasteiger partial charge in [-0.1, -0.05) is 20.3 Å². The first kappa shape index (κ1) is 10.7. The number of rotatable bonds is 5. The van der Waals surface area contributed by atoms with Crippen molar-refractivity contribution in [2.45, 2.75) is 39.7 Å². The number of hydrogen-bond donors (Lipinski definition) is 1. The SMILES string of the molecule is CCCC(NCC)c1csc(C)n1. The van der Waals surface area contributed by atoms with Crippen LogP contribution >= 0.6 is 11.3 Å². The van der Waals surface area contributed by atoms with Gasteiger partial charge in [-0.3, -0.25) is 0 Å².